The zero-order chi connectivity index (χ0) is 15.0. The van der Waals surface area contributed by atoms with E-state index in [2.05, 4.69) is 27.7 Å². The standard InChI is InChI=1S/C14H16N4O2S/c1-14(2,13(19)20)8-18-12(15-16-17-18)11-7-9-5-3-4-6-10(9)21-11/h3-6,11H,7-8H2,1-2H3,(H,19,20). The van der Waals surface area contributed by atoms with Gasteiger partial charge in [-0.2, -0.15) is 0 Å². The molecular weight excluding hydrogens is 288 g/mol. The Bertz CT molecular complexity index is 658. The number of tetrazole rings is 1. The van der Waals surface area contributed by atoms with Crippen LogP contribution in [0.5, 0.6) is 0 Å². The number of aromatic nitrogens is 4. The number of rotatable bonds is 4. The van der Waals surface area contributed by atoms with E-state index in [1.807, 2.05) is 12.1 Å². The maximum absolute atomic E-state index is 11.3. The molecule has 0 bridgehead atoms. The van der Waals surface area contributed by atoms with Crippen molar-refractivity contribution in [2.75, 3.05) is 0 Å². The number of carbonyl (C=O) groups is 1. The Kier molecular flexibility index (Phi) is 3.44. The molecule has 110 valence electrons. The van der Waals surface area contributed by atoms with Gasteiger partial charge in [0.25, 0.3) is 0 Å². The van der Waals surface area contributed by atoms with E-state index in [1.165, 1.54) is 10.5 Å². The number of carboxylic acid groups (broad SMARTS) is 1. The zero-order valence-electron chi connectivity index (χ0n) is 11.9. The first-order valence-electron chi connectivity index (χ1n) is 6.71. The minimum Gasteiger partial charge on any atom is -0.481 e. The molecule has 1 atom stereocenters. The van der Waals surface area contributed by atoms with Crippen LogP contribution in [-0.4, -0.2) is 31.3 Å². The predicted octanol–water partition coefficient (Wildman–Crippen LogP) is 2.17. The maximum atomic E-state index is 11.3. The van der Waals surface area contributed by atoms with Gasteiger partial charge in [-0.15, -0.1) is 16.9 Å². The third-order valence-electron chi connectivity index (χ3n) is 3.62. The van der Waals surface area contributed by atoms with Gasteiger partial charge in [0.1, 0.15) is 0 Å². The van der Waals surface area contributed by atoms with Crippen LogP contribution < -0.4 is 0 Å². The first-order chi connectivity index (χ1) is 9.97. The van der Waals surface area contributed by atoms with Crippen LogP contribution >= 0.6 is 11.8 Å². The van der Waals surface area contributed by atoms with Gasteiger partial charge in [-0.25, -0.2) is 4.68 Å². The van der Waals surface area contributed by atoms with Crippen molar-refractivity contribution in [1.82, 2.24) is 20.2 Å². The largest absolute Gasteiger partial charge is 0.481 e. The monoisotopic (exact) mass is 304 g/mol. The molecule has 0 aliphatic carbocycles. The van der Waals surface area contributed by atoms with Crippen molar-refractivity contribution < 1.29 is 9.90 Å². The van der Waals surface area contributed by atoms with Crippen LogP contribution in [0.3, 0.4) is 0 Å². The summed E-state index contributed by atoms with van der Waals surface area (Å²) in [6.07, 6.45) is 0.870. The van der Waals surface area contributed by atoms with Gasteiger partial charge in [0.15, 0.2) is 5.82 Å². The summed E-state index contributed by atoms with van der Waals surface area (Å²) in [6, 6.07) is 8.25. The lowest BCUT2D eigenvalue weighted by atomic mass is 9.94. The molecule has 1 aromatic carbocycles. The number of benzene rings is 1. The third kappa shape index (κ3) is 2.65. The Morgan fingerprint density at radius 3 is 2.95 bits per heavy atom. The second-order valence-electron chi connectivity index (χ2n) is 5.80. The van der Waals surface area contributed by atoms with Crippen LogP contribution in [0.25, 0.3) is 0 Å². The van der Waals surface area contributed by atoms with Crippen molar-refractivity contribution in [3.05, 3.63) is 35.7 Å². The predicted molar refractivity (Wildman–Crippen MR) is 78.0 cm³/mol. The third-order valence-corrected chi connectivity index (χ3v) is 4.93. The Hall–Kier alpha value is -1.89. The summed E-state index contributed by atoms with van der Waals surface area (Å²) in [5, 5.41) is 21.2. The van der Waals surface area contributed by atoms with Gasteiger partial charge in [-0.3, -0.25) is 4.79 Å². The topological polar surface area (TPSA) is 80.9 Å². The number of nitrogens with zero attached hydrogens (tertiary/aromatic N) is 4. The lowest BCUT2D eigenvalue weighted by Gasteiger charge is -2.20. The van der Waals surface area contributed by atoms with Crippen molar-refractivity contribution in [2.45, 2.75) is 37.0 Å². The van der Waals surface area contributed by atoms with Crippen molar-refractivity contribution in [3.63, 3.8) is 0 Å². The molecule has 0 saturated heterocycles. The maximum Gasteiger partial charge on any atom is 0.310 e. The Labute approximate surface area is 126 Å². The van der Waals surface area contributed by atoms with E-state index in [1.54, 1.807) is 30.3 Å². The van der Waals surface area contributed by atoms with Gasteiger partial charge >= 0.3 is 5.97 Å². The van der Waals surface area contributed by atoms with Gasteiger partial charge in [0, 0.05) is 4.90 Å². The molecule has 1 N–H and O–H groups in total. The molecule has 3 rings (SSSR count). The highest BCUT2D eigenvalue weighted by Crippen LogP contribution is 2.45. The Balaban J connectivity index is 1.83. The molecule has 2 heterocycles. The molecule has 6 nitrogen and oxygen atoms in total. The molecule has 1 aliphatic heterocycles. The average molecular weight is 304 g/mol. The summed E-state index contributed by atoms with van der Waals surface area (Å²) >= 11 is 1.73. The highest BCUT2D eigenvalue weighted by Gasteiger charge is 2.33. The molecule has 1 aliphatic rings. The first kappa shape index (κ1) is 14.1. The molecular formula is C14H16N4O2S. The molecule has 0 spiro atoms. The van der Waals surface area contributed by atoms with Crippen LogP contribution in [0.4, 0.5) is 0 Å². The number of fused-ring (bicyclic) bond motifs is 1. The van der Waals surface area contributed by atoms with E-state index in [-0.39, 0.29) is 11.8 Å². The van der Waals surface area contributed by atoms with Crippen LogP contribution in [0.15, 0.2) is 29.2 Å². The van der Waals surface area contributed by atoms with Crippen LogP contribution in [0.2, 0.25) is 0 Å². The summed E-state index contributed by atoms with van der Waals surface area (Å²) in [5.74, 6) is -0.114. The van der Waals surface area contributed by atoms with E-state index in [0.717, 1.165) is 12.2 Å². The molecule has 1 unspecified atom stereocenters. The molecule has 0 fully saturated rings. The molecule has 0 saturated carbocycles. The van der Waals surface area contributed by atoms with E-state index < -0.39 is 11.4 Å². The van der Waals surface area contributed by atoms with Crippen molar-refractivity contribution in [3.8, 4) is 0 Å². The quantitative estimate of drug-likeness (QED) is 0.932. The van der Waals surface area contributed by atoms with Crippen LogP contribution in [0, 0.1) is 5.41 Å². The van der Waals surface area contributed by atoms with Gasteiger partial charge in [0.2, 0.25) is 0 Å². The smallest absolute Gasteiger partial charge is 0.310 e. The molecule has 21 heavy (non-hydrogen) atoms. The van der Waals surface area contributed by atoms with Crippen LogP contribution in [0.1, 0.15) is 30.5 Å². The lowest BCUT2D eigenvalue weighted by molar-refractivity contribution is -0.147. The summed E-state index contributed by atoms with van der Waals surface area (Å²) < 4.78 is 1.62. The summed E-state index contributed by atoms with van der Waals surface area (Å²) in [6.45, 7) is 3.62. The number of aliphatic carboxylic acids is 1. The first-order valence-corrected chi connectivity index (χ1v) is 7.59. The van der Waals surface area contributed by atoms with Gasteiger partial charge in [0.05, 0.1) is 17.2 Å². The summed E-state index contributed by atoms with van der Waals surface area (Å²) in [5.41, 5.74) is 0.389. The number of hydrogen-bond acceptors (Lipinski definition) is 5. The number of thioether (sulfide) groups is 1. The summed E-state index contributed by atoms with van der Waals surface area (Å²) in [7, 11) is 0. The minimum absolute atomic E-state index is 0.141. The SMILES string of the molecule is CC(C)(Cn1nnnc1C1Cc2ccccc2S1)C(=O)O. The second-order valence-corrected chi connectivity index (χ2v) is 7.05. The zero-order valence-corrected chi connectivity index (χ0v) is 12.7. The minimum atomic E-state index is -0.903. The highest BCUT2D eigenvalue weighted by atomic mass is 32.2. The Morgan fingerprint density at radius 1 is 1.48 bits per heavy atom. The summed E-state index contributed by atoms with van der Waals surface area (Å²) in [4.78, 5) is 12.5. The fourth-order valence-electron chi connectivity index (χ4n) is 2.32. The second kappa shape index (κ2) is 5.14. The van der Waals surface area contributed by atoms with Crippen LogP contribution in [-0.2, 0) is 17.8 Å². The molecule has 7 heteroatoms. The fourth-order valence-corrected chi connectivity index (χ4v) is 3.63. The van der Waals surface area contributed by atoms with E-state index in [4.69, 9.17) is 0 Å². The van der Waals surface area contributed by atoms with E-state index >= 15 is 0 Å². The lowest BCUT2D eigenvalue weighted by Crippen LogP contribution is -2.30. The molecule has 0 amide bonds. The molecule has 2 aromatic rings. The Morgan fingerprint density at radius 2 is 2.24 bits per heavy atom. The van der Waals surface area contributed by atoms with Crippen molar-refractivity contribution in [1.29, 1.82) is 0 Å². The molecule has 1 aromatic heterocycles. The fraction of sp³-hybridized carbons (Fsp3) is 0.429. The molecule has 0 radical (unpaired) electrons. The number of hydrogen-bond donors (Lipinski definition) is 1. The van der Waals surface area contributed by atoms with Gasteiger partial charge in [-0.05, 0) is 42.3 Å². The normalized spacial score (nSPS) is 17.7. The highest BCUT2D eigenvalue weighted by molar-refractivity contribution is 7.99. The van der Waals surface area contributed by atoms with Crippen molar-refractivity contribution >= 4 is 17.7 Å². The number of carboxylic acids is 1. The van der Waals surface area contributed by atoms with Gasteiger partial charge in [-0.1, -0.05) is 18.2 Å². The average Bonchev–Trinajstić information content (AvgIpc) is 3.03. The van der Waals surface area contributed by atoms with E-state index in [9.17, 15) is 9.90 Å². The van der Waals surface area contributed by atoms with Gasteiger partial charge < -0.3 is 5.11 Å². The van der Waals surface area contributed by atoms with Crippen molar-refractivity contribution in [2.24, 2.45) is 5.41 Å². The van der Waals surface area contributed by atoms with E-state index in [0.29, 0.717) is 0 Å².